The molecule has 0 aliphatic rings. The van der Waals surface area contributed by atoms with Crippen LogP contribution in [-0.4, -0.2) is 31.7 Å². The van der Waals surface area contributed by atoms with E-state index < -0.39 is 0 Å². The molecule has 0 saturated carbocycles. The Balaban J connectivity index is 3.37. The van der Waals surface area contributed by atoms with Gasteiger partial charge >= 0.3 is 0 Å². The number of hydrogen-bond acceptors (Lipinski definition) is 0. The molecule has 0 unspecified atom stereocenters. The fourth-order valence-corrected chi connectivity index (χ4v) is 3.23. The molecule has 0 saturated heterocycles. The highest BCUT2D eigenvalue weighted by Crippen LogP contribution is 2.13. The highest BCUT2D eigenvalue weighted by atomic mass is 15.3. The van der Waals surface area contributed by atoms with Gasteiger partial charge in [-0.2, -0.15) is 0 Å². The van der Waals surface area contributed by atoms with Crippen LogP contribution >= 0.6 is 0 Å². The second kappa shape index (κ2) is 14.5. The summed E-state index contributed by atoms with van der Waals surface area (Å²) < 4.78 is 1.24. The number of rotatable bonds is 16. The van der Waals surface area contributed by atoms with E-state index in [1.54, 1.807) is 0 Å². The summed E-state index contributed by atoms with van der Waals surface area (Å²) in [5.41, 5.74) is 0. The van der Waals surface area contributed by atoms with Gasteiger partial charge in [-0.3, -0.25) is 0 Å². The largest absolute Gasteiger partial charge is 0.328 e. The molecule has 0 radical (unpaired) electrons. The van der Waals surface area contributed by atoms with Crippen LogP contribution in [0.15, 0.2) is 0 Å². The first-order chi connectivity index (χ1) is 10.5. The van der Waals surface area contributed by atoms with E-state index in [2.05, 4.69) is 34.9 Å². The highest BCUT2D eigenvalue weighted by molar-refractivity contribution is 4.49. The Labute approximate surface area is 142 Å². The van der Waals surface area contributed by atoms with Gasteiger partial charge in [0.25, 0.3) is 0 Å². The van der Waals surface area contributed by atoms with Crippen molar-refractivity contribution in [2.45, 2.75) is 104 Å². The molecule has 0 amide bonds. The van der Waals surface area contributed by atoms with Crippen LogP contribution in [0.25, 0.3) is 0 Å². The molecular formula is C21H46N+. The van der Waals surface area contributed by atoms with Gasteiger partial charge in [0.05, 0.1) is 27.2 Å². The molecule has 0 bridgehead atoms. The second-order valence-electron chi connectivity index (χ2n) is 8.45. The monoisotopic (exact) mass is 312 g/mol. The van der Waals surface area contributed by atoms with Crippen molar-refractivity contribution >= 4 is 0 Å². The van der Waals surface area contributed by atoms with Crippen molar-refractivity contribution in [3.63, 3.8) is 0 Å². The summed E-state index contributed by atoms with van der Waals surface area (Å²) in [6, 6.07) is 0. The molecule has 0 aliphatic carbocycles. The van der Waals surface area contributed by atoms with Crippen molar-refractivity contribution in [3.8, 4) is 0 Å². The third kappa shape index (κ3) is 16.3. The summed E-state index contributed by atoms with van der Waals surface area (Å²) in [4.78, 5) is 0. The van der Waals surface area contributed by atoms with Crippen molar-refractivity contribution in [2.75, 3.05) is 27.2 Å². The number of hydrogen-bond donors (Lipinski definition) is 0. The van der Waals surface area contributed by atoms with Crippen molar-refractivity contribution in [2.24, 2.45) is 5.92 Å². The summed E-state index contributed by atoms with van der Waals surface area (Å²) in [7, 11) is 4.85. The third-order valence-electron chi connectivity index (χ3n) is 4.91. The summed E-state index contributed by atoms with van der Waals surface area (Å²) in [5.74, 6) is 0.884. The van der Waals surface area contributed by atoms with Crippen LogP contribution in [0.2, 0.25) is 0 Å². The Kier molecular flexibility index (Phi) is 14.5. The molecular weight excluding hydrogens is 266 g/mol. The van der Waals surface area contributed by atoms with E-state index in [-0.39, 0.29) is 0 Å². The standard InChI is InChI=1S/C21H46N/c1-6-7-8-9-10-11-13-16-19-22(4,5)20-17-14-12-15-18-21(2)3/h21H,6-20H2,1-5H3/q+1. The lowest BCUT2D eigenvalue weighted by Gasteiger charge is -2.30. The third-order valence-corrected chi connectivity index (χ3v) is 4.91. The van der Waals surface area contributed by atoms with Gasteiger partial charge in [0, 0.05) is 0 Å². The quantitative estimate of drug-likeness (QED) is 0.217. The summed E-state index contributed by atoms with van der Waals surface area (Å²) in [6.45, 7) is 9.72. The van der Waals surface area contributed by atoms with Gasteiger partial charge in [0.1, 0.15) is 0 Å². The van der Waals surface area contributed by atoms with Gasteiger partial charge < -0.3 is 4.48 Å². The van der Waals surface area contributed by atoms with E-state index in [0.717, 1.165) is 5.92 Å². The summed E-state index contributed by atoms with van der Waals surface area (Å²) in [5, 5.41) is 0. The van der Waals surface area contributed by atoms with Crippen LogP contribution in [-0.2, 0) is 0 Å². The van der Waals surface area contributed by atoms with Crippen LogP contribution in [0, 0.1) is 5.92 Å². The lowest BCUT2D eigenvalue weighted by molar-refractivity contribution is -0.890. The lowest BCUT2D eigenvalue weighted by atomic mass is 10.0. The predicted octanol–water partition coefficient (Wildman–Crippen LogP) is 6.81. The second-order valence-corrected chi connectivity index (χ2v) is 8.45. The Morgan fingerprint density at radius 3 is 1.45 bits per heavy atom. The SMILES string of the molecule is CCCCCCCCCC[N+](C)(C)CCCCCCC(C)C. The van der Waals surface area contributed by atoms with Crippen LogP contribution in [0.5, 0.6) is 0 Å². The molecule has 0 aromatic heterocycles. The molecule has 22 heavy (non-hydrogen) atoms. The van der Waals surface area contributed by atoms with Gasteiger partial charge in [-0.15, -0.1) is 0 Å². The Morgan fingerprint density at radius 1 is 0.591 bits per heavy atom. The maximum absolute atomic E-state index is 2.43. The van der Waals surface area contributed by atoms with Gasteiger partial charge in [-0.05, 0) is 31.6 Å². The Morgan fingerprint density at radius 2 is 1.00 bits per heavy atom. The summed E-state index contributed by atoms with van der Waals surface area (Å²) in [6.07, 6.45) is 18.6. The molecule has 0 atom stereocenters. The lowest BCUT2D eigenvalue weighted by Crippen LogP contribution is -2.41. The predicted molar refractivity (Wildman–Crippen MR) is 102 cm³/mol. The number of quaternary nitrogens is 1. The molecule has 1 heteroatoms. The van der Waals surface area contributed by atoms with Crippen LogP contribution in [0.1, 0.15) is 104 Å². The first-order valence-electron chi connectivity index (χ1n) is 10.3. The van der Waals surface area contributed by atoms with Crippen LogP contribution in [0.4, 0.5) is 0 Å². The normalized spacial score (nSPS) is 12.3. The molecule has 0 fully saturated rings. The molecule has 0 aromatic carbocycles. The fraction of sp³-hybridized carbons (Fsp3) is 1.00. The van der Waals surface area contributed by atoms with Crippen molar-refractivity contribution in [1.82, 2.24) is 0 Å². The molecule has 0 aromatic rings. The maximum atomic E-state index is 2.43. The van der Waals surface area contributed by atoms with Gasteiger partial charge in [-0.1, -0.05) is 78.6 Å². The fourth-order valence-electron chi connectivity index (χ4n) is 3.23. The van der Waals surface area contributed by atoms with Crippen molar-refractivity contribution in [3.05, 3.63) is 0 Å². The van der Waals surface area contributed by atoms with E-state index in [1.807, 2.05) is 0 Å². The van der Waals surface area contributed by atoms with Crippen molar-refractivity contribution < 1.29 is 4.48 Å². The Bertz CT molecular complexity index is 220. The minimum atomic E-state index is 0.884. The molecule has 0 heterocycles. The van der Waals surface area contributed by atoms with Gasteiger partial charge in [0.2, 0.25) is 0 Å². The van der Waals surface area contributed by atoms with Crippen LogP contribution in [0.3, 0.4) is 0 Å². The van der Waals surface area contributed by atoms with E-state index in [0.29, 0.717) is 0 Å². The molecule has 0 N–H and O–H groups in total. The van der Waals surface area contributed by atoms with E-state index in [4.69, 9.17) is 0 Å². The smallest absolute Gasteiger partial charge is 0.0782 e. The highest BCUT2D eigenvalue weighted by Gasteiger charge is 2.13. The zero-order chi connectivity index (χ0) is 16.7. The minimum Gasteiger partial charge on any atom is -0.328 e. The average molecular weight is 313 g/mol. The van der Waals surface area contributed by atoms with Gasteiger partial charge in [0.15, 0.2) is 0 Å². The van der Waals surface area contributed by atoms with E-state index in [1.165, 1.54) is 101 Å². The Hall–Kier alpha value is -0.0400. The number of unbranched alkanes of at least 4 members (excludes halogenated alkanes) is 10. The summed E-state index contributed by atoms with van der Waals surface area (Å²) >= 11 is 0. The van der Waals surface area contributed by atoms with E-state index >= 15 is 0 Å². The maximum Gasteiger partial charge on any atom is 0.0782 e. The average Bonchev–Trinajstić information content (AvgIpc) is 2.45. The molecule has 134 valence electrons. The van der Waals surface area contributed by atoms with E-state index in [9.17, 15) is 0 Å². The zero-order valence-corrected chi connectivity index (χ0v) is 16.6. The molecule has 0 rings (SSSR count). The zero-order valence-electron chi connectivity index (χ0n) is 16.6. The van der Waals surface area contributed by atoms with Crippen molar-refractivity contribution in [1.29, 1.82) is 0 Å². The first kappa shape index (κ1) is 22.0. The molecule has 0 aliphatic heterocycles. The van der Waals surface area contributed by atoms with Crippen LogP contribution < -0.4 is 0 Å². The topological polar surface area (TPSA) is 0 Å². The first-order valence-corrected chi connectivity index (χ1v) is 10.3. The molecule has 1 nitrogen and oxygen atoms in total. The van der Waals surface area contributed by atoms with Gasteiger partial charge in [-0.25, -0.2) is 0 Å². The minimum absolute atomic E-state index is 0.884. The molecule has 0 spiro atoms. The number of nitrogens with zero attached hydrogens (tertiary/aromatic N) is 1.